The van der Waals surface area contributed by atoms with Crippen LogP contribution in [0.5, 0.6) is 0 Å². The third-order valence-electron chi connectivity index (χ3n) is 3.69. The molecule has 0 saturated heterocycles. The summed E-state index contributed by atoms with van der Waals surface area (Å²) in [5, 5.41) is 3.59. The van der Waals surface area contributed by atoms with Gasteiger partial charge in [0, 0.05) is 12.6 Å². The Morgan fingerprint density at radius 3 is 2.41 bits per heavy atom. The summed E-state index contributed by atoms with van der Waals surface area (Å²) in [4.78, 5) is 0. The van der Waals surface area contributed by atoms with Gasteiger partial charge in [-0.15, -0.1) is 0 Å². The highest BCUT2D eigenvalue weighted by molar-refractivity contribution is 5.20. The van der Waals surface area contributed by atoms with E-state index in [-0.39, 0.29) is 0 Å². The van der Waals surface area contributed by atoms with E-state index >= 15 is 0 Å². The molecule has 0 bridgehead atoms. The smallest absolute Gasteiger partial charge is 0.0161 e. The summed E-state index contributed by atoms with van der Waals surface area (Å²) < 4.78 is 0. The largest absolute Gasteiger partial charge is 0.310 e. The van der Waals surface area contributed by atoms with Gasteiger partial charge >= 0.3 is 0 Å². The second-order valence-corrected chi connectivity index (χ2v) is 5.30. The Morgan fingerprint density at radius 1 is 1.18 bits per heavy atom. The van der Waals surface area contributed by atoms with Gasteiger partial charge in [0.15, 0.2) is 0 Å². The molecule has 1 nitrogen and oxygen atoms in total. The predicted octanol–water partition coefficient (Wildman–Crippen LogP) is 3.88. The van der Waals surface area contributed by atoms with Crippen molar-refractivity contribution in [1.29, 1.82) is 0 Å². The van der Waals surface area contributed by atoms with Crippen molar-refractivity contribution >= 4 is 0 Å². The maximum atomic E-state index is 3.94. The quantitative estimate of drug-likeness (QED) is 0.773. The molecule has 0 spiro atoms. The standard InChI is InChI=1S/C16H23N/c1-13(2)12-17-16-10-8-15(9-11-16)14-6-4-3-5-7-14/h3-7,15-17H,1,8-12H2,2H3. The van der Waals surface area contributed by atoms with Gasteiger partial charge in [0.1, 0.15) is 0 Å². The van der Waals surface area contributed by atoms with Crippen molar-refractivity contribution in [2.75, 3.05) is 6.54 Å². The minimum Gasteiger partial charge on any atom is -0.310 e. The van der Waals surface area contributed by atoms with Gasteiger partial charge in [-0.25, -0.2) is 0 Å². The molecule has 1 aromatic rings. The van der Waals surface area contributed by atoms with E-state index in [0.29, 0.717) is 6.04 Å². The summed E-state index contributed by atoms with van der Waals surface area (Å²) in [6.45, 7) is 7.00. The molecule has 1 aliphatic rings. The minimum absolute atomic E-state index is 0.701. The van der Waals surface area contributed by atoms with Crippen molar-refractivity contribution in [1.82, 2.24) is 5.32 Å². The molecular formula is C16H23N. The van der Waals surface area contributed by atoms with E-state index in [1.54, 1.807) is 0 Å². The van der Waals surface area contributed by atoms with Crippen LogP contribution in [0.25, 0.3) is 0 Å². The number of rotatable bonds is 4. The first-order chi connectivity index (χ1) is 8.25. The molecule has 0 aromatic heterocycles. The van der Waals surface area contributed by atoms with Gasteiger partial charge in [0.05, 0.1) is 0 Å². The molecule has 0 atom stereocenters. The first kappa shape index (κ1) is 12.4. The van der Waals surface area contributed by atoms with E-state index in [4.69, 9.17) is 0 Å². The third kappa shape index (κ3) is 3.71. The van der Waals surface area contributed by atoms with Crippen LogP contribution in [0.1, 0.15) is 44.1 Å². The Hall–Kier alpha value is -1.08. The van der Waals surface area contributed by atoms with Crippen LogP contribution in [-0.4, -0.2) is 12.6 Å². The molecular weight excluding hydrogens is 206 g/mol. The van der Waals surface area contributed by atoms with Crippen LogP contribution in [0.4, 0.5) is 0 Å². The zero-order valence-electron chi connectivity index (χ0n) is 10.8. The molecule has 1 fully saturated rings. The van der Waals surface area contributed by atoms with E-state index in [0.717, 1.165) is 12.5 Å². The lowest BCUT2D eigenvalue weighted by Crippen LogP contribution is -2.33. The molecule has 0 amide bonds. The van der Waals surface area contributed by atoms with E-state index in [9.17, 15) is 0 Å². The normalized spacial score (nSPS) is 24.5. The molecule has 1 aromatic carbocycles. The van der Waals surface area contributed by atoms with Crippen molar-refractivity contribution in [2.24, 2.45) is 0 Å². The maximum absolute atomic E-state index is 3.94. The molecule has 1 saturated carbocycles. The van der Waals surface area contributed by atoms with Crippen molar-refractivity contribution in [3.05, 3.63) is 48.0 Å². The van der Waals surface area contributed by atoms with E-state index in [1.165, 1.54) is 36.8 Å². The molecule has 0 radical (unpaired) electrons. The Kier molecular flexibility index (Phi) is 4.38. The molecule has 92 valence electrons. The molecule has 1 N–H and O–H groups in total. The fourth-order valence-electron chi connectivity index (χ4n) is 2.67. The highest BCUT2D eigenvalue weighted by atomic mass is 14.9. The SMILES string of the molecule is C=C(C)CNC1CCC(c2ccccc2)CC1. The lowest BCUT2D eigenvalue weighted by Gasteiger charge is -2.29. The van der Waals surface area contributed by atoms with Crippen LogP contribution >= 0.6 is 0 Å². The first-order valence-corrected chi connectivity index (χ1v) is 6.68. The number of nitrogens with one attached hydrogen (secondary N) is 1. The summed E-state index contributed by atoms with van der Waals surface area (Å²) in [7, 11) is 0. The average molecular weight is 229 g/mol. The van der Waals surface area contributed by atoms with Gasteiger partial charge in [-0.2, -0.15) is 0 Å². The zero-order chi connectivity index (χ0) is 12.1. The predicted molar refractivity (Wildman–Crippen MR) is 74.3 cm³/mol. The minimum atomic E-state index is 0.701. The lowest BCUT2D eigenvalue weighted by atomic mass is 9.82. The van der Waals surface area contributed by atoms with Gasteiger partial charge in [-0.1, -0.05) is 42.5 Å². The first-order valence-electron chi connectivity index (χ1n) is 6.68. The van der Waals surface area contributed by atoms with Crippen molar-refractivity contribution in [3.63, 3.8) is 0 Å². The van der Waals surface area contributed by atoms with Gasteiger partial charge in [0.2, 0.25) is 0 Å². The fourth-order valence-corrected chi connectivity index (χ4v) is 2.67. The summed E-state index contributed by atoms with van der Waals surface area (Å²) in [5.41, 5.74) is 2.75. The molecule has 0 aliphatic heterocycles. The maximum Gasteiger partial charge on any atom is 0.0161 e. The molecule has 1 heteroatoms. The van der Waals surface area contributed by atoms with E-state index in [1.807, 2.05) is 0 Å². The number of hydrogen-bond acceptors (Lipinski definition) is 1. The zero-order valence-corrected chi connectivity index (χ0v) is 10.8. The summed E-state index contributed by atoms with van der Waals surface area (Å²) in [6.07, 6.45) is 5.23. The van der Waals surface area contributed by atoms with E-state index in [2.05, 4.69) is 49.2 Å². The molecule has 0 heterocycles. The third-order valence-corrected chi connectivity index (χ3v) is 3.69. The molecule has 2 rings (SSSR count). The van der Waals surface area contributed by atoms with Crippen LogP contribution in [0, 0.1) is 0 Å². The number of benzene rings is 1. The molecule has 0 unspecified atom stereocenters. The highest BCUT2D eigenvalue weighted by Crippen LogP contribution is 2.32. The van der Waals surface area contributed by atoms with Crippen molar-refractivity contribution < 1.29 is 0 Å². The van der Waals surface area contributed by atoms with Crippen LogP contribution in [-0.2, 0) is 0 Å². The van der Waals surface area contributed by atoms with Gasteiger partial charge in [-0.3, -0.25) is 0 Å². The molecule has 1 aliphatic carbocycles. The van der Waals surface area contributed by atoms with Crippen molar-refractivity contribution in [2.45, 2.75) is 44.6 Å². The van der Waals surface area contributed by atoms with Crippen LogP contribution in [0.2, 0.25) is 0 Å². The second-order valence-electron chi connectivity index (χ2n) is 5.30. The Morgan fingerprint density at radius 2 is 1.82 bits per heavy atom. The summed E-state index contributed by atoms with van der Waals surface area (Å²) in [6, 6.07) is 11.6. The topological polar surface area (TPSA) is 12.0 Å². The van der Waals surface area contributed by atoms with Gasteiger partial charge in [-0.05, 0) is 44.1 Å². The van der Waals surface area contributed by atoms with Gasteiger partial charge < -0.3 is 5.32 Å². The monoisotopic (exact) mass is 229 g/mol. The van der Waals surface area contributed by atoms with Crippen LogP contribution < -0.4 is 5.32 Å². The summed E-state index contributed by atoms with van der Waals surface area (Å²) in [5.74, 6) is 0.777. The lowest BCUT2D eigenvalue weighted by molar-refractivity contribution is 0.350. The Labute approximate surface area is 105 Å². The van der Waals surface area contributed by atoms with Crippen LogP contribution in [0.15, 0.2) is 42.5 Å². The number of hydrogen-bond donors (Lipinski definition) is 1. The Bertz CT molecular complexity index is 347. The second kappa shape index (κ2) is 6.02. The van der Waals surface area contributed by atoms with Gasteiger partial charge in [0.25, 0.3) is 0 Å². The summed E-state index contributed by atoms with van der Waals surface area (Å²) >= 11 is 0. The average Bonchev–Trinajstić information content (AvgIpc) is 2.38. The fraction of sp³-hybridized carbons (Fsp3) is 0.500. The molecule has 17 heavy (non-hydrogen) atoms. The van der Waals surface area contributed by atoms with Crippen LogP contribution in [0.3, 0.4) is 0 Å². The highest BCUT2D eigenvalue weighted by Gasteiger charge is 2.21. The Balaban J connectivity index is 1.80. The van der Waals surface area contributed by atoms with E-state index < -0.39 is 0 Å². The van der Waals surface area contributed by atoms with Crippen molar-refractivity contribution in [3.8, 4) is 0 Å².